The van der Waals surface area contributed by atoms with Crippen LogP contribution in [0, 0.1) is 18.8 Å². The molecule has 0 radical (unpaired) electrons. The Hall–Kier alpha value is -2.58. The molecule has 0 unspecified atom stereocenters. The molecule has 0 fully saturated rings. The lowest BCUT2D eigenvalue weighted by atomic mass is 10.2. The maximum atomic E-state index is 11.9. The lowest BCUT2D eigenvalue weighted by molar-refractivity contribution is 0.0995. The summed E-state index contributed by atoms with van der Waals surface area (Å²) in [7, 11) is 0. The maximum Gasteiger partial charge on any atom is 0.292 e. The SMILES string of the molecule is Cc1ccoc1C(=O)Nc1cccc(C#CCO)n1. The minimum atomic E-state index is -0.359. The molecular formula is C14H12N2O3. The molecule has 2 aromatic heterocycles. The summed E-state index contributed by atoms with van der Waals surface area (Å²) in [6.45, 7) is 1.55. The lowest BCUT2D eigenvalue weighted by Gasteiger charge is -2.03. The molecule has 0 bridgehead atoms. The smallest absolute Gasteiger partial charge is 0.292 e. The molecule has 0 atom stereocenters. The van der Waals surface area contributed by atoms with E-state index in [1.54, 1.807) is 31.2 Å². The zero-order valence-electron chi connectivity index (χ0n) is 10.3. The van der Waals surface area contributed by atoms with E-state index in [0.29, 0.717) is 11.5 Å². The summed E-state index contributed by atoms with van der Waals surface area (Å²) in [4.78, 5) is 16.0. The van der Waals surface area contributed by atoms with Crippen LogP contribution in [-0.2, 0) is 0 Å². The average Bonchev–Trinajstić information content (AvgIpc) is 2.83. The highest BCUT2D eigenvalue weighted by atomic mass is 16.3. The van der Waals surface area contributed by atoms with Gasteiger partial charge in [-0.2, -0.15) is 0 Å². The monoisotopic (exact) mass is 256 g/mol. The Labute approximate surface area is 110 Å². The fraction of sp³-hybridized carbons (Fsp3) is 0.143. The number of aliphatic hydroxyl groups is 1. The van der Waals surface area contributed by atoms with E-state index in [-0.39, 0.29) is 18.3 Å². The number of pyridine rings is 1. The second-order valence-corrected chi connectivity index (χ2v) is 3.75. The van der Waals surface area contributed by atoms with Crippen molar-refractivity contribution in [2.24, 2.45) is 0 Å². The lowest BCUT2D eigenvalue weighted by Crippen LogP contribution is -2.13. The predicted octanol–water partition coefficient (Wildman–Crippen LogP) is 1.58. The van der Waals surface area contributed by atoms with Crippen molar-refractivity contribution in [3.05, 3.63) is 47.5 Å². The number of aliphatic hydroxyl groups excluding tert-OH is 1. The molecule has 0 aliphatic rings. The number of rotatable bonds is 2. The predicted molar refractivity (Wildman–Crippen MR) is 69.6 cm³/mol. The fourth-order valence-corrected chi connectivity index (χ4v) is 1.48. The number of furan rings is 1. The summed E-state index contributed by atoms with van der Waals surface area (Å²) in [5.74, 6) is 5.44. The standard InChI is InChI=1S/C14H12N2O3/c1-10-7-9-19-13(10)14(18)16-12-6-2-4-11(15-12)5-3-8-17/h2,4,6-7,9,17H,8H2,1H3,(H,15,16,18). The van der Waals surface area contributed by atoms with Gasteiger partial charge in [0.05, 0.1) is 6.26 Å². The summed E-state index contributed by atoms with van der Waals surface area (Å²) in [6.07, 6.45) is 1.46. The van der Waals surface area contributed by atoms with Crippen LogP contribution in [-0.4, -0.2) is 22.6 Å². The Morgan fingerprint density at radius 2 is 2.32 bits per heavy atom. The van der Waals surface area contributed by atoms with Crippen LogP contribution in [0.25, 0.3) is 0 Å². The van der Waals surface area contributed by atoms with Crippen LogP contribution in [0.1, 0.15) is 21.8 Å². The minimum absolute atomic E-state index is 0.232. The molecule has 0 aliphatic heterocycles. The normalized spacial score (nSPS) is 9.58. The van der Waals surface area contributed by atoms with Crippen LogP contribution in [0.5, 0.6) is 0 Å². The summed E-state index contributed by atoms with van der Waals surface area (Å²) >= 11 is 0. The zero-order valence-corrected chi connectivity index (χ0v) is 10.3. The molecule has 2 aromatic rings. The van der Waals surface area contributed by atoms with Gasteiger partial charge >= 0.3 is 0 Å². The number of amides is 1. The number of aromatic nitrogens is 1. The quantitative estimate of drug-likeness (QED) is 0.800. The van der Waals surface area contributed by atoms with Crippen molar-refractivity contribution in [3.8, 4) is 11.8 Å². The number of anilines is 1. The number of aryl methyl sites for hydroxylation is 1. The highest BCUT2D eigenvalue weighted by molar-refractivity contribution is 6.02. The Morgan fingerprint density at radius 1 is 1.47 bits per heavy atom. The van der Waals surface area contributed by atoms with Crippen LogP contribution in [0.15, 0.2) is 34.9 Å². The van der Waals surface area contributed by atoms with Gasteiger partial charge in [0.1, 0.15) is 18.1 Å². The molecule has 5 nitrogen and oxygen atoms in total. The number of hydrogen-bond acceptors (Lipinski definition) is 4. The van der Waals surface area contributed by atoms with Crippen LogP contribution in [0.4, 0.5) is 5.82 Å². The van der Waals surface area contributed by atoms with Crippen LogP contribution in [0.2, 0.25) is 0 Å². The number of hydrogen-bond donors (Lipinski definition) is 2. The van der Waals surface area contributed by atoms with E-state index in [0.717, 1.165) is 5.56 Å². The van der Waals surface area contributed by atoms with Gasteiger partial charge in [-0.3, -0.25) is 4.79 Å². The van der Waals surface area contributed by atoms with E-state index in [4.69, 9.17) is 9.52 Å². The minimum Gasteiger partial charge on any atom is -0.459 e. The van der Waals surface area contributed by atoms with Crippen molar-refractivity contribution in [2.45, 2.75) is 6.92 Å². The Bertz CT molecular complexity index is 650. The van der Waals surface area contributed by atoms with Crippen LogP contribution in [0.3, 0.4) is 0 Å². The van der Waals surface area contributed by atoms with E-state index >= 15 is 0 Å². The first kappa shape index (κ1) is 12.9. The van der Waals surface area contributed by atoms with E-state index in [2.05, 4.69) is 22.1 Å². The van der Waals surface area contributed by atoms with Crippen molar-refractivity contribution in [3.63, 3.8) is 0 Å². The number of carbonyl (C=O) groups is 1. The summed E-state index contributed by atoms with van der Waals surface area (Å²) in [5, 5.41) is 11.2. The number of nitrogens with zero attached hydrogens (tertiary/aromatic N) is 1. The van der Waals surface area contributed by atoms with Gasteiger partial charge in [-0.25, -0.2) is 4.98 Å². The molecule has 0 saturated carbocycles. The average molecular weight is 256 g/mol. The van der Waals surface area contributed by atoms with Crippen molar-refractivity contribution in [2.75, 3.05) is 11.9 Å². The topological polar surface area (TPSA) is 75.4 Å². The molecule has 96 valence electrons. The highest BCUT2D eigenvalue weighted by Gasteiger charge is 2.13. The molecule has 1 amide bonds. The largest absolute Gasteiger partial charge is 0.459 e. The van der Waals surface area contributed by atoms with Gasteiger partial charge in [0.25, 0.3) is 5.91 Å². The summed E-state index contributed by atoms with van der Waals surface area (Å²) in [5.41, 5.74) is 1.23. The zero-order chi connectivity index (χ0) is 13.7. The molecule has 0 aliphatic carbocycles. The molecular weight excluding hydrogens is 244 g/mol. The molecule has 0 saturated heterocycles. The van der Waals surface area contributed by atoms with Gasteiger partial charge in [0, 0.05) is 5.56 Å². The molecule has 2 heterocycles. The van der Waals surface area contributed by atoms with Gasteiger partial charge in [0.2, 0.25) is 0 Å². The molecule has 19 heavy (non-hydrogen) atoms. The van der Waals surface area contributed by atoms with Crippen molar-refractivity contribution < 1.29 is 14.3 Å². The van der Waals surface area contributed by atoms with Crippen molar-refractivity contribution in [1.29, 1.82) is 0 Å². The Kier molecular flexibility index (Phi) is 3.96. The van der Waals surface area contributed by atoms with Crippen LogP contribution >= 0.6 is 0 Å². The van der Waals surface area contributed by atoms with Gasteiger partial charge in [-0.15, -0.1) is 0 Å². The third kappa shape index (κ3) is 3.21. The van der Waals surface area contributed by atoms with Gasteiger partial charge in [-0.1, -0.05) is 12.0 Å². The van der Waals surface area contributed by atoms with Gasteiger partial charge in [-0.05, 0) is 31.0 Å². The molecule has 5 heteroatoms. The van der Waals surface area contributed by atoms with E-state index < -0.39 is 0 Å². The van der Waals surface area contributed by atoms with E-state index in [1.165, 1.54) is 6.26 Å². The molecule has 2 rings (SSSR count). The highest BCUT2D eigenvalue weighted by Crippen LogP contribution is 2.12. The number of nitrogens with one attached hydrogen (secondary N) is 1. The first-order valence-corrected chi connectivity index (χ1v) is 5.63. The first-order valence-electron chi connectivity index (χ1n) is 5.63. The van der Waals surface area contributed by atoms with Crippen LogP contribution < -0.4 is 5.32 Å². The Morgan fingerprint density at radius 3 is 3.00 bits per heavy atom. The van der Waals surface area contributed by atoms with Gasteiger partial charge in [0.15, 0.2) is 5.76 Å². The Balaban J connectivity index is 2.15. The third-order valence-corrected chi connectivity index (χ3v) is 2.35. The van der Waals surface area contributed by atoms with Crippen molar-refractivity contribution in [1.82, 2.24) is 4.98 Å². The third-order valence-electron chi connectivity index (χ3n) is 2.35. The van der Waals surface area contributed by atoms with E-state index in [1.807, 2.05) is 0 Å². The summed E-state index contributed by atoms with van der Waals surface area (Å²) in [6, 6.07) is 6.78. The molecule has 2 N–H and O–H groups in total. The summed E-state index contributed by atoms with van der Waals surface area (Å²) < 4.78 is 5.09. The second-order valence-electron chi connectivity index (χ2n) is 3.75. The van der Waals surface area contributed by atoms with E-state index in [9.17, 15) is 4.79 Å². The first-order chi connectivity index (χ1) is 9.20. The molecule has 0 spiro atoms. The fourth-order valence-electron chi connectivity index (χ4n) is 1.48. The molecule has 0 aromatic carbocycles. The van der Waals surface area contributed by atoms with Crippen molar-refractivity contribution >= 4 is 11.7 Å². The number of carbonyl (C=O) groups excluding carboxylic acids is 1. The second kappa shape index (κ2) is 5.85. The van der Waals surface area contributed by atoms with Gasteiger partial charge < -0.3 is 14.8 Å². The maximum absolute atomic E-state index is 11.9.